The normalized spacial score (nSPS) is 10.7. The molecule has 2 rings (SSSR count). The number of amides is 1. The summed E-state index contributed by atoms with van der Waals surface area (Å²) in [5.74, 6) is -0.240. The second-order valence-electron chi connectivity index (χ2n) is 5.39. The molecule has 0 atom stereocenters. The smallest absolute Gasteiger partial charge is 0.259 e. The van der Waals surface area contributed by atoms with Crippen LogP contribution in [0.1, 0.15) is 19.4 Å². The summed E-state index contributed by atoms with van der Waals surface area (Å²) < 4.78 is 0. The van der Waals surface area contributed by atoms with Crippen LogP contribution in [0.15, 0.2) is 53.6 Å². The third-order valence-electron chi connectivity index (χ3n) is 3.74. The van der Waals surface area contributed by atoms with E-state index in [1.165, 1.54) is 5.69 Å². The van der Waals surface area contributed by atoms with Gasteiger partial charge in [0.05, 0.1) is 23.5 Å². The van der Waals surface area contributed by atoms with Crippen LogP contribution in [0.4, 0.5) is 11.4 Å². The Hall–Kier alpha value is -2.53. The standard InChI is InChI=1S/C19H23ClN4O/c1-3-24(4-2)16-11-9-15(10-12-16)13-22-23-19(25)14-21-18-8-6-5-7-17(18)20/h5-13,21H,3-4,14H2,1-2H3,(H,23,25)/b22-13-. The number of anilines is 2. The summed E-state index contributed by atoms with van der Waals surface area (Å²) in [5, 5.41) is 7.53. The fraction of sp³-hybridized carbons (Fsp3) is 0.263. The first-order valence-corrected chi connectivity index (χ1v) is 8.67. The Morgan fingerprint density at radius 3 is 2.44 bits per heavy atom. The van der Waals surface area contributed by atoms with Gasteiger partial charge in [-0.25, -0.2) is 5.43 Å². The van der Waals surface area contributed by atoms with Crippen molar-refractivity contribution in [3.63, 3.8) is 0 Å². The number of nitrogens with zero attached hydrogens (tertiary/aromatic N) is 2. The molecule has 0 saturated heterocycles. The van der Waals surface area contributed by atoms with Crippen LogP contribution in [0, 0.1) is 0 Å². The summed E-state index contributed by atoms with van der Waals surface area (Å²) in [6, 6.07) is 15.3. The van der Waals surface area contributed by atoms with Crippen molar-refractivity contribution in [2.45, 2.75) is 13.8 Å². The van der Waals surface area contributed by atoms with Crippen LogP contribution in [0.5, 0.6) is 0 Å². The Labute approximate surface area is 153 Å². The molecule has 0 aliphatic heterocycles. The number of nitrogens with one attached hydrogen (secondary N) is 2. The fourth-order valence-electron chi connectivity index (χ4n) is 2.36. The average molecular weight is 359 g/mol. The third kappa shape index (κ3) is 5.80. The van der Waals surface area contributed by atoms with Crippen LogP contribution in [0.2, 0.25) is 5.02 Å². The highest BCUT2D eigenvalue weighted by molar-refractivity contribution is 6.33. The number of halogens is 1. The van der Waals surface area contributed by atoms with Crippen molar-refractivity contribution in [1.82, 2.24) is 5.43 Å². The maximum absolute atomic E-state index is 11.8. The van der Waals surface area contributed by atoms with Crippen LogP contribution in [-0.2, 0) is 4.79 Å². The van der Waals surface area contributed by atoms with E-state index in [1.54, 1.807) is 12.3 Å². The van der Waals surface area contributed by atoms with Gasteiger partial charge in [-0.3, -0.25) is 4.79 Å². The van der Waals surface area contributed by atoms with Gasteiger partial charge in [-0.15, -0.1) is 0 Å². The van der Waals surface area contributed by atoms with E-state index >= 15 is 0 Å². The Bertz CT molecular complexity index is 712. The van der Waals surface area contributed by atoms with Crippen LogP contribution < -0.4 is 15.6 Å². The lowest BCUT2D eigenvalue weighted by molar-refractivity contribution is -0.119. The van der Waals surface area contributed by atoms with Gasteiger partial charge in [0.1, 0.15) is 0 Å². The SMILES string of the molecule is CCN(CC)c1ccc(/C=N\NC(=O)CNc2ccccc2Cl)cc1. The van der Waals surface area contributed by atoms with E-state index < -0.39 is 0 Å². The minimum Gasteiger partial charge on any atom is -0.375 e. The van der Waals surface area contributed by atoms with Gasteiger partial charge in [0.2, 0.25) is 0 Å². The molecular formula is C19H23ClN4O. The molecule has 0 spiro atoms. The molecule has 1 amide bonds. The van der Waals surface area contributed by atoms with Crippen LogP contribution in [-0.4, -0.2) is 31.8 Å². The fourth-order valence-corrected chi connectivity index (χ4v) is 2.56. The molecule has 0 heterocycles. The molecular weight excluding hydrogens is 336 g/mol. The maximum Gasteiger partial charge on any atom is 0.259 e. The topological polar surface area (TPSA) is 56.7 Å². The number of hydrogen-bond acceptors (Lipinski definition) is 4. The van der Waals surface area contributed by atoms with E-state index in [-0.39, 0.29) is 12.5 Å². The number of hydrogen-bond donors (Lipinski definition) is 2. The van der Waals surface area contributed by atoms with Crippen molar-refractivity contribution in [3.05, 3.63) is 59.1 Å². The van der Waals surface area contributed by atoms with Gasteiger partial charge in [-0.2, -0.15) is 5.10 Å². The number of carbonyl (C=O) groups is 1. The molecule has 2 aromatic rings. The second-order valence-corrected chi connectivity index (χ2v) is 5.80. The zero-order valence-electron chi connectivity index (χ0n) is 14.5. The van der Waals surface area contributed by atoms with Crippen molar-refractivity contribution < 1.29 is 4.79 Å². The Morgan fingerprint density at radius 2 is 1.80 bits per heavy atom. The molecule has 0 aliphatic rings. The molecule has 6 heteroatoms. The van der Waals surface area contributed by atoms with E-state index in [0.29, 0.717) is 5.02 Å². The van der Waals surface area contributed by atoms with Crippen molar-refractivity contribution >= 4 is 35.1 Å². The highest BCUT2D eigenvalue weighted by atomic mass is 35.5. The number of carbonyl (C=O) groups excluding carboxylic acids is 1. The zero-order chi connectivity index (χ0) is 18.1. The molecule has 0 aliphatic carbocycles. The first-order valence-electron chi connectivity index (χ1n) is 8.29. The highest BCUT2D eigenvalue weighted by Gasteiger charge is 2.03. The third-order valence-corrected chi connectivity index (χ3v) is 4.07. The summed E-state index contributed by atoms with van der Waals surface area (Å²) in [6.45, 7) is 6.30. The first-order chi connectivity index (χ1) is 12.1. The van der Waals surface area contributed by atoms with Gasteiger partial charge in [0, 0.05) is 18.8 Å². The second kappa shape index (κ2) is 9.69. The lowest BCUT2D eigenvalue weighted by atomic mass is 10.2. The van der Waals surface area contributed by atoms with Crippen LogP contribution in [0.25, 0.3) is 0 Å². The molecule has 5 nitrogen and oxygen atoms in total. The highest BCUT2D eigenvalue weighted by Crippen LogP contribution is 2.19. The lowest BCUT2D eigenvalue weighted by Crippen LogP contribution is -2.26. The van der Waals surface area contributed by atoms with Gasteiger partial charge in [-0.05, 0) is 43.7 Å². The number of hydrazone groups is 1. The lowest BCUT2D eigenvalue weighted by Gasteiger charge is -2.20. The number of benzene rings is 2. The van der Waals surface area contributed by atoms with Crippen molar-refractivity contribution in [3.8, 4) is 0 Å². The quantitative estimate of drug-likeness (QED) is 0.558. The summed E-state index contributed by atoms with van der Waals surface area (Å²) in [7, 11) is 0. The molecule has 0 bridgehead atoms. The van der Waals surface area contributed by atoms with Gasteiger partial charge in [-0.1, -0.05) is 35.9 Å². The minimum atomic E-state index is -0.240. The van der Waals surface area contributed by atoms with E-state index in [4.69, 9.17) is 11.6 Å². The van der Waals surface area contributed by atoms with E-state index in [1.807, 2.05) is 30.3 Å². The van der Waals surface area contributed by atoms with Gasteiger partial charge >= 0.3 is 0 Å². The van der Waals surface area contributed by atoms with Crippen molar-refractivity contribution in [2.24, 2.45) is 5.10 Å². The molecule has 0 fully saturated rings. The van der Waals surface area contributed by atoms with E-state index in [2.05, 4.69) is 46.7 Å². The van der Waals surface area contributed by atoms with Gasteiger partial charge in [0.15, 0.2) is 0 Å². The summed E-state index contributed by atoms with van der Waals surface area (Å²) in [5.41, 5.74) is 5.32. The number of para-hydroxylation sites is 1. The Morgan fingerprint density at radius 1 is 1.12 bits per heavy atom. The molecule has 25 heavy (non-hydrogen) atoms. The Balaban J connectivity index is 1.82. The van der Waals surface area contributed by atoms with Crippen molar-refractivity contribution in [2.75, 3.05) is 29.9 Å². The molecule has 2 aromatic carbocycles. The molecule has 132 valence electrons. The largest absolute Gasteiger partial charge is 0.375 e. The molecule has 2 N–H and O–H groups in total. The summed E-state index contributed by atoms with van der Waals surface area (Å²) >= 11 is 6.02. The van der Waals surface area contributed by atoms with E-state index in [9.17, 15) is 4.79 Å². The van der Waals surface area contributed by atoms with Gasteiger partial charge < -0.3 is 10.2 Å². The molecule has 0 aromatic heterocycles. The van der Waals surface area contributed by atoms with Gasteiger partial charge in [0.25, 0.3) is 5.91 Å². The zero-order valence-corrected chi connectivity index (χ0v) is 15.3. The minimum absolute atomic E-state index is 0.0992. The van der Waals surface area contributed by atoms with Crippen molar-refractivity contribution in [1.29, 1.82) is 0 Å². The predicted octanol–water partition coefficient (Wildman–Crippen LogP) is 3.75. The monoisotopic (exact) mass is 358 g/mol. The molecule has 0 radical (unpaired) electrons. The maximum atomic E-state index is 11.8. The molecule has 0 saturated carbocycles. The average Bonchev–Trinajstić information content (AvgIpc) is 2.63. The van der Waals surface area contributed by atoms with Crippen LogP contribution >= 0.6 is 11.6 Å². The Kier molecular flexibility index (Phi) is 7.29. The molecule has 0 unspecified atom stereocenters. The predicted molar refractivity (Wildman–Crippen MR) is 106 cm³/mol. The first kappa shape index (κ1) is 18.8. The summed E-state index contributed by atoms with van der Waals surface area (Å²) in [6.07, 6.45) is 1.62. The van der Waals surface area contributed by atoms with Crippen LogP contribution in [0.3, 0.4) is 0 Å². The number of rotatable bonds is 8. The van der Waals surface area contributed by atoms with E-state index in [0.717, 1.165) is 24.3 Å². The summed E-state index contributed by atoms with van der Waals surface area (Å²) in [4.78, 5) is 14.1.